The fourth-order valence-electron chi connectivity index (χ4n) is 5.01. The molecule has 0 aromatic carbocycles. The van der Waals surface area contributed by atoms with Crippen molar-refractivity contribution in [2.75, 3.05) is 98.1 Å². The second-order valence-electron chi connectivity index (χ2n) is 13.7. The summed E-state index contributed by atoms with van der Waals surface area (Å²) in [6.07, 6.45) is 5.70. The molecule has 13 nitrogen and oxygen atoms in total. The first-order valence-corrected chi connectivity index (χ1v) is 17.7. The molecule has 1 aliphatic rings. The van der Waals surface area contributed by atoms with E-state index in [0.29, 0.717) is 109 Å². The minimum atomic E-state index is -0.431. The van der Waals surface area contributed by atoms with Gasteiger partial charge in [0.25, 0.3) is 11.8 Å². The van der Waals surface area contributed by atoms with Crippen molar-refractivity contribution in [1.29, 1.82) is 0 Å². The summed E-state index contributed by atoms with van der Waals surface area (Å²) in [7, 11) is 0. The van der Waals surface area contributed by atoms with Gasteiger partial charge >= 0.3 is 0 Å². The SMILES string of the molecule is CC(C)CCCOCCOCCOCCCN1C(=O)c2nc(N)c(C(=O)NCCCOCCOCCOCCCC(C)(C)C)nc2C1C. The van der Waals surface area contributed by atoms with Gasteiger partial charge in [-0.15, -0.1) is 0 Å². The smallest absolute Gasteiger partial charge is 0.275 e. The summed E-state index contributed by atoms with van der Waals surface area (Å²) in [6, 6.07) is -0.327. The fraction of sp³-hybridized carbons (Fsp3) is 0.829. The molecule has 276 valence electrons. The molecule has 1 atom stereocenters. The number of nitrogen functional groups attached to an aromatic ring is 1. The number of anilines is 1. The van der Waals surface area contributed by atoms with Gasteiger partial charge in [0.15, 0.2) is 17.2 Å². The Morgan fingerprint density at radius 1 is 0.792 bits per heavy atom. The predicted octanol–water partition coefficient (Wildman–Crippen LogP) is 4.45. The second-order valence-corrected chi connectivity index (χ2v) is 13.7. The summed E-state index contributed by atoms with van der Waals surface area (Å²) >= 11 is 0. The van der Waals surface area contributed by atoms with Crippen LogP contribution in [0.2, 0.25) is 0 Å². The quantitative estimate of drug-likeness (QED) is 0.121. The Morgan fingerprint density at radius 2 is 1.29 bits per heavy atom. The van der Waals surface area contributed by atoms with Crippen molar-refractivity contribution in [3.63, 3.8) is 0 Å². The maximum atomic E-state index is 13.0. The van der Waals surface area contributed by atoms with Gasteiger partial charge in [-0.1, -0.05) is 34.6 Å². The number of hydrogen-bond acceptors (Lipinski definition) is 11. The topological polar surface area (TPSA) is 157 Å². The third-order valence-corrected chi connectivity index (χ3v) is 7.70. The van der Waals surface area contributed by atoms with Gasteiger partial charge in [-0.05, 0) is 56.8 Å². The molecule has 48 heavy (non-hydrogen) atoms. The van der Waals surface area contributed by atoms with Crippen molar-refractivity contribution in [3.8, 4) is 0 Å². The van der Waals surface area contributed by atoms with E-state index in [2.05, 4.69) is 49.9 Å². The van der Waals surface area contributed by atoms with Crippen molar-refractivity contribution >= 4 is 17.6 Å². The highest BCUT2D eigenvalue weighted by atomic mass is 16.5. The predicted molar refractivity (Wildman–Crippen MR) is 185 cm³/mol. The summed E-state index contributed by atoms with van der Waals surface area (Å²) in [6.45, 7) is 20.5. The molecular weight excluding hydrogens is 618 g/mol. The Hall–Kier alpha value is -2.42. The maximum Gasteiger partial charge on any atom is 0.275 e. The van der Waals surface area contributed by atoms with Gasteiger partial charge in [-0.2, -0.15) is 0 Å². The standard InChI is InChI=1S/C35H63N5O8/c1-27(2)11-7-15-43-19-23-47-26-22-46-18-10-14-40-28(3)29-30(34(40)42)39-32(36)31(38-29)33(41)37-13-9-17-45-21-25-48-24-20-44-16-8-12-35(4,5)6/h27-28H,7-26H2,1-6H3,(H2,36,39)(H,37,41). The molecule has 0 saturated heterocycles. The fourth-order valence-corrected chi connectivity index (χ4v) is 5.01. The molecule has 2 rings (SSSR count). The van der Waals surface area contributed by atoms with Crippen molar-refractivity contribution in [1.82, 2.24) is 20.2 Å². The summed E-state index contributed by atoms with van der Waals surface area (Å²) < 4.78 is 33.5. The van der Waals surface area contributed by atoms with E-state index in [1.807, 2.05) is 6.92 Å². The highest BCUT2D eigenvalue weighted by molar-refractivity contribution is 6.00. The minimum Gasteiger partial charge on any atom is -0.382 e. The zero-order valence-electron chi connectivity index (χ0n) is 30.5. The summed E-state index contributed by atoms with van der Waals surface area (Å²) in [4.78, 5) is 36.2. The number of hydrogen-bond donors (Lipinski definition) is 2. The summed E-state index contributed by atoms with van der Waals surface area (Å²) in [5, 5.41) is 2.81. The summed E-state index contributed by atoms with van der Waals surface area (Å²) in [5.41, 5.74) is 7.06. The van der Waals surface area contributed by atoms with Crippen LogP contribution in [0, 0.1) is 11.3 Å². The number of rotatable bonds is 28. The van der Waals surface area contributed by atoms with Gasteiger partial charge in [-0.3, -0.25) is 9.59 Å². The van der Waals surface area contributed by atoms with Gasteiger partial charge in [0.1, 0.15) is 0 Å². The molecule has 0 aliphatic carbocycles. The second kappa shape index (κ2) is 23.9. The molecule has 0 bridgehead atoms. The molecule has 1 unspecified atom stereocenters. The average molecular weight is 682 g/mol. The van der Waals surface area contributed by atoms with Gasteiger partial charge in [0.05, 0.1) is 64.6 Å². The molecule has 0 saturated carbocycles. The lowest BCUT2D eigenvalue weighted by Gasteiger charge is -2.21. The number of nitrogens with zero attached hydrogens (tertiary/aromatic N) is 3. The monoisotopic (exact) mass is 681 g/mol. The highest BCUT2D eigenvalue weighted by Gasteiger charge is 2.38. The maximum absolute atomic E-state index is 13.0. The summed E-state index contributed by atoms with van der Waals surface area (Å²) in [5.74, 6) is -0.0406. The van der Waals surface area contributed by atoms with E-state index in [1.165, 1.54) is 6.42 Å². The van der Waals surface area contributed by atoms with E-state index in [-0.39, 0.29) is 29.2 Å². The number of carbonyl (C=O) groups is 2. The van der Waals surface area contributed by atoms with Crippen LogP contribution < -0.4 is 11.1 Å². The first-order valence-electron chi connectivity index (χ1n) is 17.7. The Kier molecular flexibility index (Phi) is 20.7. The molecule has 3 N–H and O–H groups in total. The van der Waals surface area contributed by atoms with Crippen LogP contribution in [0.15, 0.2) is 0 Å². The van der Waals surface area contributed by atoms with Crippen molar-refractivity contribution in [2.45, 2.75) is 86.1 Å². The number of aromatic nitrogens is 2. The Bertz CT molecular complexity index is 1050. The zero-order valence-corrected chi connectivity index (χ0v) is 30.5. The average Bonchev–Trinajstić information content (AvgIpc) is 3.25. The van der Waals surface area contributed by atoms with Gasteiger partial charge < -0.3 is 44.4 Å². The van der Waals surface area contributed by atoms with Crippen LogP contribution in [0.5, 0.6) is 0 Å². The molecule has 0 radical (unpaired) electrons. The lowest BCUT2D eigenvalue weighted by atomic mass is 9.91. The zero-order chi connectivity index (χ0) is 35.2. The van der Waals surface area contributed by atoms with E-state index in [4.69, 9.17) is 34.2 Å². The van der Waals surface area contributed by atoms with Crippen LogP contribution in [0.25, 0.3) is 0 Å². The molecule has 2 heterocycles. The molecule has 1 aliphatic heterocycles. The normalized spacial score (nSPS) is 14.7. The van der Waals surface area contributed by atoms with E-state index >= 15 is 0 Å². The lowest BCUT2D eigenvalue weighted by molar-refractivity contribution is 0.0119. The highest BCUT2D eigenvalue weighted by Crippen LogP contribution is 2.32. The number of ether oxygens (including phenoxy) is 6. The van der Waals surface area contributed by atoms with Crippen molar-refractivity contribution in [3.05, 3.63) is 17.1 Å². The van der Waals surface area contributed by atoms with Gasteiger partial charge in [-0.25, -0.2) is 9.97 Å². The first-order chi connectivity index (χ1) is 23.0. The van der Waals surface area contributed by atoms with Crippen LogP contribution in [0.1, 0.15) is 113 Å². The van der Waals surface area contributed by atoms with Gasteiger partial charge in [0, 0.05) is 39.5 Å². The molecule has 0 spiro atoms. The van der Waals surface area contributed by atoms with Crippen molar-refractivity contribution < 1.29 is 38.0 Å². The molecule has 2 amide bonds. The molecular formula is C35H63N5O8. The molecule has 13 heteroatoms. The van der Waals surface area contributed by atoms with E-state index in [0.717, 1.165) is 32.5 Å². The molecule has 1 aromatic rings. The van der Waals surface area contributed by atoms with Crippen LogP contribution in [-0.4, -0.2) is 119 Å². The first kappa shape index (κ1) is 41.7. The molecule has 1 aromatic heterocycles. The Balaban J connectivity index is 1.55. The van der Waals surface area contributed by atoms with Crippen LogP contribution in [0.4, 0.5) is 5.82 Å². The largest absolute Gasteiger partial charge is 0.382 e. The number of amides is 2. The van der Waals surface area contributed by atoms with E-state index < -0.39 is 5.91 Å². The third-order valence-electron chi connectivity index (χ3n) is 7.70. The van der Waals surface area contributed by atoms with Crippen molar-refractivity contribution in [2.24, 2.45) is 11.3 Å². The van der Waals surface area contributed by atoms with Crippen LogP contribution in [-0.2, 0) is 28.4 Å². The Morgan fingerprint density at radius 3 is 1.83 bits per heavy atom. The number of carbonyl (C=O) groups excluding carboxylic acids is 2. The number of nitrogens with two attached hydrogens (primary N) is 1. The van der Waals surface area contributed by atoms with E-state index in [1.54, 1.807) is 4.90 Å². The van der Waals surface area contributed by atoms with E-state index in [9.17, 15) is 9.59 Å². The third kappa shape index (κ3) is 17.3. The van der Waals surface area contributed by atoms with Crippen LogP contribution >= 0.6 is 0 Å². The Labute approximate surface area is 288 Å². The van der Waals surface area contributed by atoms with Gasteiger partial charge in [0.2, 0.25) is 0 Å². The number of nitrogens with one attached hydrogen (secondary N) is 1. The molecule has 0 fully saturated rings. The van der Waals surface area contributed by atoms with Crippen LogP contribution in [0.3, 0.4) is 0 Å². The number of fused-ring (bicyclic) bond motifs is 1. The minimum absolute atomic E-state index is 0.0227. The lowest BCUT2D eigenvalue weighted by Crippen LogP contribution is -2.29.